The molecule has 1 aromatic rings. The quantitative estimate of drug-likeness (QED) is 0.587. The van der Waals surface area contributed by atoms with E-state index in [4.69, 9.17) is 4.74 Å². The van der Waals surface area contributed by atoms with Crippen LogP contribution in [0.3, 0.4) is 0 Å². The molecule has 0 saturated heterocycles. The topological polar surface area (TPSA) is 9.23 Å². The fourth-order valence-corrected chi connectivity index (χ4v) is 1.33. The summed E-state index contributed by atoms with van der Waals surface area (Å²) in [6.45, 7) is 3.73. The van der Waals surface area contributed by atoms with E-state index in [1.165, 1.54) is 24.9 Å². The van der Waals surface area contributed by atoms with Crippen LogP contribution in [0.5, 0.6) is 0 Å². The maximum absolute atomic E-state index is 5.03. The van der Waals surface area contributed by atoms with E-state index in [0.29, 0.717) is 0 Å². The van der Waals surface area contributed by atoms with Gasteiger partial charge in [-0.25, -0.2) is 0 Å². The normalized spacial score (nSPS) is 8.87. The molecule has 0 heterocycles. The Balaban J connectivity index is 2.96. The van der Waals surface area contributed by atoms with Crippen LogP contribution in [0.2, 0.25) is 0 Å². The van der Waals surface area contributed by atoms with Gasteiger partial charge in [0, 0.05) is 0 Å². The first-order valence-corrected chi connectivity index (χ1v) is 6.03. The van der Waals surface area contributed by atoms with Gasteiger partial charge in [-0.2, -0.15) is 0 Å². The first-order valence-electron chi connectivity index (χ1n) is 4.56. The molecule has 0 amide bonds. The summed E-state index contributed by atoms with van der Waals surface area (Å²) in [7, 11) is 1.65. The van der Waals surface area contributed by atoms with E-state index in [1.807, 2.05) is 24.3 Å². The third-order valence-electron chi connectivity index (χ3n) is 1.87. The van der Waals surface area contributed by atoms with Crippen LogP contribution >= 0.6 is 0 Å². The molecule has 15 heavy (non-hydrogen) atoms. The Labute approximate surface area is 102 Å². The fraction of sp³-hybridized carbons (Fsp3) is 0.154. The molecule has 0 aromatic heterocycles. The van der Waals surface area contributed by atoms with Gasteiger partial charge in [0.2, 0.25) is 0 Å². The molecule has 0 aliphatic rings. The van der Waals surface area contributed by atoms with Crippen LogP contribution < -0.4 is 0 Å². The van der Waals surface area contributed by atoms with Gasteiger partial charge in [-0.1, -0.05) is 0 Å². The zero-order valence-electron chi connectivity index (χ0n) is 8.62. The molecule has 0 saturated carbocycles. The minimum absolute atomic E-state index is 0.809. The van der Waals surface area contributed by atoms with E-state index >= 15 is 0 Å². The van der Waals surface area contributed by atoms with E-state index in [9.17, 15) is 0 Å². The summed E-state index contributed by atoms with van der Waals surface area (Å²) in [5.41, 5.74) is 2.26. The molecule has 0 radical (unpaired) electrons. The predicted octanol–water partition coefficient (Wildman–Crippen LogP) is 2.09. The van der Waals surface area contributed by atoms with Crippen molar-refractivity contribution >= 4 is 4.08 Å². The zero-order valence-corrected chi connectivity index (χ0v) is 11.6. The third kappa shape index (κ3) is 3.96. The summed E-state index contributed by atoms with van der Waals surface area (Å²) in [5, 5.41) is 0. The molecule has 0 spiro atoms. The van der Waals surface area contributed by atoms with Crippen LogP contribution in [0.4, 0.5) is 0 Å². The average molecular weight is 368 g/mol. The SMILES string of the molecule is C=CCc1ccccc1C#C[C](=[W])OC. The van der Waals surface area contributed by atoms with Crippen molar-refractivity contribution in [3.05, 3.63) is 48.0 Å². The molecule has 1 nitrogen and oxygen atoms in total. The third-order valence-corrected chi connectivity index (χ3v) is 2.83. The number of allylic oxidation sites excluding steroid dienone is 1. The first-order chi connectivity index (χ1) is 7.27. The summed E-state index contributed by atoms with van der Waals surface area (Å²) in [6, 6.07) is 8.10. The van der Waals surface area contributed by atoms with Crippen LogP contribution in [0.25, 0.3) is 0 Å². The minimum atomic E-state index is 0.809. The summed E-state index contributed by atoms with van der Waals surface area (Å²) < 4.78 is 5.84. The van der Waals surface area contributed by atoms with Gasteiger partial charge >= 0.3 is 102 Å². The zero-order chi connectivity index (χ0) is 11.1. The molecule has 0 bridgehead atoms. The standard InChI is InChI=1S/C13H12O.W/c1-3-7-12-8-4-5-9-13(12)10-6-11-14-2;/h3-5,8-9H,1,7H2,2H3;. The first kappa shape index (κ1) is 12.1. The Bertz CT molecular complexity index is 424. The van der Waals surface area contributed by atoms with E-state index in [1.54, 1.807) is 7.11 Å². The predicted molar refractivity (Wildman–Crippen MR) is 59.2 cm³/mol. The molecule has 2 heteroatoms. The number of methoxy groups -OCH3 is 1. The molecule has 0 aliphatic carbocycles. The van der Waals surface area contributed by atoms with Crippen LogP contribution in [-0.2, 0) is 30.5 Å². The van der Waals surface area contributed by atoms with Gasteiger partial charge in [-0.3, -0.25) is 0 Å². The molecule has 0 atom stereocenters. The van der Waals surface area contributed by atoms with Gasteiger partial charge in [0.05, 0.1) is 0 Å². The van der Waals surface area contributed by atoms with Crippen LogP contribution in [0, 0.1) is 11.8 Å². The average Bonchev–Trinajstić information content (AvgIpc) is 2.28. The molecular formula is C13H12OW. The van der Waals surface area contributed by atoms with Crippen LogP contribution in [0.15, 0.2) is 36.9 Å². The number of rotatable bonds is 3. The second-order valence-electron chi connectivity index (χ2n) is 2.89. The van der Waals surface area contributed by atoms with Crippen molar-refractivity contribution in [2.75, 3.05) is 7.11 Å². The molecule has 1 aromatic carbocycles. The van der Waals surface area contributed by atoms with E-state index < -0.39 is 0 Å². The molecule has 0 unspecified atom stereocenters. The van der Waals surface area contributed by atoms with Crippen molar-refractivity contribution in [3.8, 4) is 11.8 Å². The van der Waals surface area contributed by atoms with Gasteiger partial charge in [0.15, 0.2) is 0 Å². The Morgan fingerprint density at radius 2 is 2.27 bits per heavy atom. The Morgan fingerprint density at radius 3 is 2.93 bits per heavy atom. The summed E-state index contributed by atoms with van der Waals surface area (Å²) in [5.74, 6) is 6.10. The van der Waals surface area contributed by atoms with E-state index in [-0.39, 0.29) is 0 Å². The van der Waals surface area contributed by atoms with Crippen LogP contribution in [-0.4, -0.2) is 11.2 Å². The maximum atomic E-state index is 5.03. The molecule has 1 rings (SSSR count). The van der Waals surface area contributed by atoms with Crippen molar-refractivity contribution in [2.45, 2.75) is 6.42 Å². The van der Waals surface area contributed by atoms with Gasteiger partial charge in [0.1, 0.15) is 0 Å². The van der Waals surface area contributed by atoms with Gasteiger partial charge in [-0.05, 0) is 0 Å². The van der Waals surface area contributed by atoms with Gasteiger partial charge in [0.25, 0.3) is 0 Å². The number of hydrogen-bond donors (Lipinski definition) is 0. The van der Waals surface area contributed by atoms with E-state index in [2.05, 4.69) is 24.5 Å². The second-order valence-corrected chi connectivity index (χ2v) is 4.22. The number of ether oxygens (including phenoxy) is 1. The number of hydrogen-bond acceptors (Lipinski definition) is 1. The summed E-state index contributed by atoms with van der Waals surface area (Å²) in [6.07, 6.45) is 2.74. The monoisotopic (exact) mass is 368 g/mol. The fourth-order valence-electron chi connectivity index (χ4n) is 1.15. The van der Waals surface area contributed by atoms with Crippen molar-refractivity contribution in [1.82, 2.24) is 0 Å². The van der Waals surface area contributed by atoms with E-state index in [0.717, 1.165) is 16.1 Å². The Hall–Kier alpha value is -0.962. The molecule has 0 fully saturated rings. The van der Waals surface area contributed by atoms with Crippen molar-refractivity contribution in [3.63, 3.8) is 0 Å². The van der Waals surface area contributed by atoms with Crippen molar-refractivity contribution in [1.29, 1.82) is 0 Å². The second kappa shape index (κ2) is 6.51. The Morgan fingerprint density at radius 1 is 1.53 bits per heavy atom. The summed E-state index contributed by atoms with van der Waals surface area (Å²) >= 11 is 1.25. The molecular weight excluding hydrogens is 356 g/mol. The molecule has 0 N–H and O–H groups in total. The van der Waals surface area contributed by atoms with Gasteiger partial charge in [-0.15, -0.1) is 0 Å². The van der Waals surface area contributed by atoms with Crippen molar-refractivity contribution in [2.24, 2.45) is 0 Å². The molecule has 0 aliphatic heterocycles. The van der Waals surface area contributed by atoms with Gasteiger partial charge < -0.3 is 0 Å². The van der Waals surface area contributed by atoms with Crippen molar-refractivity contribution < 1.29 is 24.1 Å². The summed E-state index contributed by atoms with van der Waals surface area (Å²) in [4.78, 5) is 0. The molecule has 76 valence electrons. The Kier molecular flexibility index (Phi) is 5.25. The van der Waals surface area contributed by atoms with Crippen LogP contribution in [0.1, 0.15) is 11.1 Å². The number of benzene rings is 1.